The highest BCUT2D eigenvalue weighted by Gasteiger charge is 2.36. The molecule has 134 valence electrons. The number of rotatable bonds is 4. The van der Waals surface area contributed by atoms with E-state index >= 15 is 0 Å². The molecule has 0 amide bonds. The van der Waals surface area contributed by atoms with Gasteiger partial charge in [0.2, 0.25) is 0 Å². The Bertz CT molecular complexity index is 531. The summed E-state index contributed by atoms with van der Waals surface area (Å²) in [5.41, 5.74) is 0.202. The average molecular weight is 334 g/mol. The molecule has 1 aromatic rings. The molecule has 3 rings (SSSR count). The molecule has 0 spiro atoms. The predicted octanol–water partition coefficient (Wildman–Crippen LogP) is 1.53. The Morgan fingerprint density at radius 2 is 2.08 bits per heavy atom. The van der Waals surface area contributed by atoms with E-state index in [2.05, 4.69) is 16.8 Å². The van der Waals surface area contributed by atoms with E-state index in [1.807, 2.05) is 31.2 Å². The minimum atomic E-state index is -0.955. The van der Waals surface area contributed by atoms with Crippen molar-refractivity contribution in [3.63, 3.8) is 0 Å². The summed E-state index contributed by atoms with van der Waals surface area (Å²) in [5.74, 6) is 0.804. The minimum Gasteiger partial charge on any atom is -0.490 e. The first kappa shape index (κ1) is 17.7. The van der Waals surface area contributed by atoms with E-state index in [1.54, 1.807) is 0 Å². The largest absolute Gasteiger partial charge is 0.490 e. The van der Waals surface area contributed by atoms with Crippen molar-refractivity contribution in [3.8, 4) is 5.75 Å². The summed E-state index contributed by atoms with van der Waals surface area (Å²) in [5, 5.41) is 11.0. The fourth-order valence-corrected chi connectivity index (χ4v) is 3.63. The van der Waals surface area contributed by atoms with Gasteiger partial charge >= 0.3 is 0 Å². The van der Waals surface area contributed by atoms with Crippen molar-refractivity contribution in [2.75, 3.05) is 53.0 Å². The molecule has 0 bridgehead atoms. The van der Waals surface area contributed by atoms with E-state index in [1.165, 1.54) is 0 Å². The third kappa shape index (κ3) is 4.70. The number of ether oxygens (including phenoxy) is 2. The normalized spacial score (nSPS) is 27.8. The van der Waals surface area contributed by atoms with Crippen molar-refractivity contribution >= 4 is 0 Å². The maximum absolute atomic E-state index is 11.0. The SMILES string of the molecule is Cc1cccc(OC[C@@]2(O)COCCN(C3CCN(C)CC3)C2)c1. The lowest BCUT2D eigenvalue weighted by atomic mass is 10.00. The highest BCUT2D eigenvalue weighted by Crippen LogP contribution is 2.22. The minimum absolute atomic E-state index is 0.263. The van der Waals surface area contributed by atoms with Gasteiger partial charge in [-0.05, 0) is 57.6 Å². The summed E-state index contributed by atoms with van der Waals surface area (Å²) in [4.78, 5) is 4.78. The maximum atomic E-state index is 11.0. The Hall–Kier alpha value is -1.14. The maximum Gasteiger partial charge on any atom is 0.134 e. The van der Waals surface area contributed by atoms with Gasteiger partial charge in [0, 0.05) is 19.1 Å². The van der Waals surface area contributed by atoms with Crippen LogP contribution in [0.1, 0.15) is 18.4 Å². The quantitative estimate of drug-likeness (QED) is 0.905. The van der Waals surface area contributed by atoms with Crippen LogP contribution in [-0.4, -0.2) is 79.6 Å². The van der Waals surface area contributed by atoms with E-state index < -0.39 is 5.60 Å². The number of nitrogens with zero attached hydrogens (tertiary/aromatic N) is 2. The van der Waals surface area contributed by atoms with Crippen molar-refractivity contribution in [3.05, 3.63) is 29.8 Å². The first-order valence-electron chi connectivity index (χ1n) is 8.96. The van der Waals surface area contributed by atoms with Gasteiger partial charge < -0.3 is 19.5 Å². The number of hydrogen-bond acceptors (Lipinski definition) is 5. The first-order chi connectivity index (χ1) is 11.5. The van der Waals surface area contributed by atoms with Crippen LogP contribution >= 0.6 is 0 Å². The van der Waals surface area contributed by atoms with Crippen LogP contribution in [0.25, 0.3) is 0 Å². The smallest absolute Gasteiger partial charge is 0.134 e. The molecular weight excluding hydrogens is 304 g/mol. The third-order valence-corrected chi connectivity index (χ3v) is 5.09. The Morgan fingerprint density at radius 3 is 2.83 bits per heavy atom. The molecule has 0 saturated carbocycles. The summed E-state index contributed by atoms with van der Waals surface area (Å²) in [7, 11) is 2.17. The number of aliphatic hydroxyl groups is 1. The number of likely N-dealkylation sites (tertiary alicyclic amines) is 1. The monoisotopic (exact) mass is 334 g/mol. The molecule has 2 aliphatic heterocycles. The van der Waals surface area contributed by atoms with Crippen LogP contribution in [0.15, 0.2) is 24.3 Å². The van der Waals surface area contributed by atoms with Crippen LogP contribution in [0, 0.1) is 6.92 Å². The van der Waals surface area contributed by atoms with Gasteiger partial charge in [0.05, 0.1) is 13.2 Å². The van der Waals surface area contributed by atoms with Gasteiger partial charge in [-0.25, -0.2) is 0 Å². The van der Waals surface area contributed by atoms with Crippen molar-refractivity contribution in [1.29, 1.82) is 0 Å². The molecule has 2 saturated heterocycles. The number of hydrogen-bond donors (Lipinski definition) is 1. The summed E-state index contributed by atoms with van der Waals surface area (Å²) in [6.45, 7) is 7.08. The zero-order valence-corrected chi connectivity index (χ0v) is 14.9. The lowest BCUT2D eigenvalue weighted by Gasteiger charge is -2.39. The topological polar surface area (TPSA) is 45.2 Å². The standard InChI is InChI=1S/C19H30N2O3/c1-16-4-3-5-18(12-16)24-15-19(22)13-21(10-11-23-14-19)17-6-8-20(2)9-7-17/h3-5,12,17,22H,6-11,13-15H2,1-2H3/t19-/m0/s1. The zero-order valence-electron chi connectivity index (χ0n) is 14.9. The van der Waals surface area contributed by atoms with Crippen molar-refractivity contribution in [2.24, 2.45) is 0 Å². The Kier molecular flexibility index (Phi) is 5.76. The number of piperidine rings is 1. The number of benzene rings is 1. The molecule has 2 fully saturated rings. The molecule has 24 heavy (non-hydrogen) atoms. The summed E-state index contributed by atoms with van der Waals surface area (Å²) < 4.78 is 11.6. The van der Waals surface area contributed by atoms with E-state index in [9.17, 15) is 5.11 Å². The number of aryl methyl sites for hydroxylation is 1. The van der Waals surface area contributed by atoms with E-state index in [0.29, 0.717) is 25.8 Å². The highest BCUT2D eigenvalue weighted by molar-refractivity contribution is 5.27. The lowest BCUT2D eigenvalue weighted by molar-refractivity contribution is -0.0687. The summed E-state index contributed by atoms with van der Waals surface area (Å²) >= 11 is 0. The van der Waals surface area contributed by atoms with Crippen LogP contribution in [0.5, 0.6) is 5.75 Å². The molecule has 2 heterocycles. The molecule has 5 nitrogen and oxygen atoms in total. The van der Waals surface area contributed by atoms with Gasteiger partial charge in [-0.3, -0.25) is 4.90 Å². The van der Waals surface area contributed by atoms with E-state index in [-0.39, 0.29) is 6.61 Å². The lowest BCUT2D eigenvalue weighted by Crippen LogP contribution is -2.53. The highest BCUT2D eigenvalue weighted by atomic mass is 16.5. The van der Waals surface area contributed by atoms with Gasteiger partial charge in [0.25, 0.3) is 0 Å². The number of β-amino-alcohol motifs (C(OH)–C–C–N with tert-alkyl or cyclic N) is 1. The molecule has 1 N–H and O–H groups in total. The van der Waals surface area contributed by atoms with Crippen LogP contribution in [-0.2, 0) is 4.74 Å². The van der Waals surface area contributed by atoms with Gasteiger partial charge in [-0.15, -0.1) is 0 Å². The molecule has 0 unspecified atom stereocenters. The average Bonchev–Trinajstić information content (AvgIpc) is 2.76. The Morgan fingerprint density at radius 1 is 1.29 bits per heavy atom. The fourth-order valence-electron chi connectivity index (χ4n) is 3.63. The second-order valence-corrected chi connectivity index (χ2v) is 7.39. The molecule has 0 radical (unpaired) electrons. The molecule has 0 aliphatic carbocycles. The second-order valence-electron chi connectivity index (χ2n) is 7.39. The van der Waals surface area contributed by atoms with Gasteiger partial charge in [0.1, 0.15) is 18.0 Å². The van der Waals surface area contributed by atoms with Gasteiger partial charge in [-0.2, -0.15) is 0 Å². The predicted molar refractivity (Wildman–Crippen MR) is 94.5 cm³/mol. The van der Waals surface area contributed by atoms with Gasteiger partial charge in [-0.1, -0.05) is 12.1 Å². The van der Waals surface area contributed by atoms with E-state index in [0.717, 1.165) is 43.8 Å². The van der Waals surface area contributed by atoms with Crippen molar-refractivity contribution < 1.29 is 14.6 Å². The molecule has 1 atom stereocenters. The van der Waals surface area contributed by atoms with Crippen LogP contribution in [0.2, 0.25) is 0 Å². The zero-order chi connectivity index (χ0) is 17.0. The van der Waals surface area contributed by atoms with Crippen molar-refractivity contribution in [1.82, 2.24) is 9.80 Å². The first-order valence-corrected chi connectivity index (χ1v) is 8.96. The Labute approximate surface area is 145 Å². The summed E-state index contributed by atoms with van der Waals surface area (Å²) in [6.07, 6.45) is 2.32. The molecule has 2 aliphatic rings. The van der Waals surface area contributed by atoms with Crippen LogP contribution in [0.4, 0.5) is 0 Å². The van der Waals surface area contributed by atoms with Crippen LogP contribution < -0.4 is 4.74 Å². The second kappa shape index (κ2) is 7.83. The molecule has 5 heteroatoms. The van der Waals surface area contributed by atoms with E-state index in [4.69, 9.17) is 9.47 Å². The molecule has 1 aromatic carbocycles. The summed E-state index contributed by atoms with van der Waals surface area (Å²) in [6, 6.07) is 8.48. The van der Waals surface area contributed by atoms with Crippen LogP contribution in [0.3, 0.4) is 0 Å². The Balaban J connectivity index is 1.60. The molecular formula is C19H30N2O3. The van der Waals surface area contributed by atoms with Gasteiger partial charge in [0.15, 0.2) is 0 Å². The van der Waals surface area contributed by atoms with Crippen molar-refractivity contribution in [2.45, 2.75) is 31.4 Å². The third-order valence-electron chi connectivity index (χ3n) is 5.09. The molecule has 0 aromatic heterocycles. The fraction of sp³-hybridized carbons (Fsp3) is 0.684.